The van der Waals surface area contributed by atoms with Crippen molar-refractivity contribution < 1.29 is 54.1 Å². The number of carboxylic acid groups (broad SMARTS) is 1. The molecule has 0 saturated carbocycles. The smallest absolute Gasteiger partial charge is 0.475 e. The Morgan fingerprint density at radius 2 is 1.87 bits per heavy atom. The van der Waals surface area contributed by atoms with Gasteiger partial charge in [0.25, 0.3) is 0 Å². The molecule has 0 radical (unpaired) electrons. The fourth-order valence-corrected chi connectivity index (χ4v) is 4.10. The molecule has 8 nitrogen and oxygen atoms in total. The van der Waals surface area contributed by atoms with E-state index in [1.165, 1.54) is 0 Å². The molecule has 1 N–H and O–H groups in total. The first-order valence-electron chi connectivity index (χ1n) is 8.67. The van der Waals surface area contributed by atoms with Gasteiger partial charge >= 0.3 is 27.7 Å². The standard InChI is InChI=1S/C14H17F3N2O4S.C2HF3O2/c15-14(16,17)24(20,21)19-9-13(10-19)11(4-6-23-13)7-22-8-12-3-1-2-5-18-12;3-2(4,5)1(6)7/h1-3,5,11H,4,6-10H2;(H,6,7). The normalized spacial score (nSPS) is 21.3. The molecule has 0 aromatic carbocycles. The number of rotatable bonds is 5. The van der Waals surface area contributed by atoms with Gasteiger partial charge in [0, 0.05) is 31.8 Å². The van der Waals surface area contributed by atoms with E-state index in [-0.39, 0.29) is 32.2 Å². The van der Waals surface area contributed by atoms with E-state index in [0.717, 1.165) is 5.69 Å². The Morgan fingerprint density at radius 3 is 2.35 bits per heavy atom. The van der Waals surface area contributed by atoms with Crippen LogP contribution in [-0.2, 0) is 30.9 Å². The maximum atomic E-state index is 12.6. The molecule has 2 saturated heterocycles. The highest BCUT2D eigenvalue weighted by atomic mass is 32.2. The number of carboxylic acids is 1. The van der Waals surface area contributed by atoms with E-state index in [4.69, 9.17) is 19.4 Å². The highest BCUT2D eigenvalue weighted by Gasteiger charge is 2.62. The second kappa shape index (κ2) is 9.26. The van der Waals surface area contributed by atoms with E-state index < -0.39 is 33.3 Å². The summed E-state index contributed by atoms with van der Waals surface area (Å²) < 4.78 is 104. The summed E-state index contributed by atoms with van der Waals surface area (Å²) in [6, 6.07) is 5.42. The number of hydrogen-bond donors (Lipinski definition) is 1. The molecule has 3 heterocycles. The van der Waals surface area contributed by atoms with Crippen LogP contribution in [-0.4, -0.2) is 72.4 Å². The zero-order valence-electron chi connectivity index (χ0n) is 15.7. The van der Waals surface area contributed by atoms with E-state index in [9.17, 15) is 34.8 Å². The number of sulfonamides is 1. The fourth-order valence-electron chi connectivity index (χ4n) is 3.03. The van der Waals surface area contributed by atoms with Crippen LogP contribution in [0.1, 0.15) is 12.1 Å². The van der Waals surface area contributed by atoms with E-state index in [1.807, 2.05) is 12.1 Å². The lowest BCUT2D eigenvalue weighted by atomic mass is 9.83. The maximum Gasteiger partial charge on any atom is 0.511 e. The van der Waals surface area contributed by atoms with Gasteiger partial charge in [-0.15, -0.1) is 0 Å². The van der Waals surface area contributed by atoms with Gasteiger partial charge in [0.15, 0.2) is 0 Å². The van der Waals surface area contributed by atoms with Crippen molar-refractivity contribution >= 4 is 16.0 Å². The third kappa shape index (κ3) is 6.05. The van der Waals surface area contributed by atoms with Gasteiger partial charge in [-0.3, -0.25) is 4.98 Å². The lowest BCUT2D eigenvalue weighted by Gasteiger charge is -2.48. The van der Waals surface area contributed by atoms with Crippen LogP contribution in [0.25, 0.3) is 0 Å². The first-order chi connectivity index (χ1) is 14.2. The summed E-state index contributed by atoms with van der Waals surface area (Å²) >= 11 is 0. The molecular formula is C16H18F6N2O6S. The Hall–Kier alpha value is -1.97. The van der Waals surface area contributed by atoms with Crippen molar-refractivity contribution in [1.82, 2.24) is 9.29 Å². The summed E-state index contributed by atoms with van der Waals surface area (Å²) in [5, 5.41) is 7.12. The predicted octanol–water partition coefficient (Wildman–Crippen LogP) is 2.17. The topological polar surface area (TPSA) is 106 Å². The van der Waals surface area contributed by atoms with Crippen molar-refractivity contribution in [2.75, 3.05) is 26.3 Å². The molecule has 0 amide bonds. The Balaban J connectivity index is 0.000000423. The minimum absolute atomic E-state index is 0.138. The average molecular weight is 480 g/mol. The summed E-state index contributed by atoms with van der Waals surface area (Å²) in [5.74, 6) is -2.90. The van der Waals surface area contributed by atoms with Crippen molar-refractivity contribution in [3.63, 3.8) is 0 Å². The molecule has 15 heteroatoms. The molecule has 1 spiro atoms. The molecule has 31 heavy (non-hydrogen) atoms. The molecule has 3 rings (SSSR count). The van der Waals surface area contributed by atoms with Crippen LogP contribution in [0, 0.1) is 5.92 Å². The summed E-state index contributed by atoms with van der Waals surface area (Å²) in [5.41, 5.74) is -5.40. The lowest BCUT2D eigenvalue weighted by molar-refractivity contribution is -0.192. The number of carbonyl (C=O) groups is 1. The maximum absolute atomic E-state index is 12.6. The summed E-state index contributed by atoms with van der Waals surface area (Å²) in [6.45, 7) is 0.394. The zero-order chi connectivity index (χ0) is 23.5. The Kier molecular flexibility index (Phi) is 7.55. The number of nitrogens with zero attached hydrogens (tertiary/aromatic N) is 2. The molecular weight excluding hydrogens is 462 g/mol. The van der Waals surface area contributed by atoms with Crippen LogP contribution in [0.4, 0.5) is 26.3 Å². The molecule has 1 aromatic heterocycles. The van der Waals surface area contributed by atoms with E-state index in [1.54, 1.807) is 12.3 Å². The van der Waals surface area contributed by atoms with Gasteiger partial charge in [0.05, 0.1) is 18.9 Å². The highest BCUT2D eigenvalue weighted by molar-refractivity contribution is 7.90. The third-order valence-corrected chi connectivity index (χ3v) is 6.18. The van der Waals surface area contributed by atoms with Crippen LogP contribution < -0.4 is 0 Å². The van der Waals surface area contributed by atoms with Crippen LogP contribution in [0.3, 0.4) is 0 Å². The summed E-state index contributed by atoms with van der Waals surface area (Å²) in [7, 11) is -5.29. The molecule has 1 unspecified atom stereocenters. The number of aromatic nitrogens is 1. The summed E-state index contributed by atoms with van der Waals surface area (Å²) in [4.78, 5) is 13.0. The van der Waals surface area contributed by atoms with Crippen molar-refractivity contribution in [3.05, 3.63) is 30.1 Å². The van der Waals surface area contributed by atoms with Crippen molar-refractivity contribution in [1.29, 1.82) is 0 Å². The zero-order valence-corrected chi connectivity index (χ0v) is 16.5. The average Bonchev–Trinajstić information content (AvgIpc) is 3.04. The van der Waals surface area contributed by atoms with Gasteiger partial charge < -0.3 is 14.6 Å². The Labute approximate surface area is 172 Å². The number of hydrogen-bond acceptors (Lipinski definition) is 6. The van der Waals surface area contributed by atoms with Crippen molar-refractivity contribution in [2.24, 2.45) is 5.92 Å². The molecule has 1 aromatic rings. The number of pyridine rings is 1. The van der Waals surface area contributed by atoms with Gasteiger partial charge in [-0.05, 0) is 18.6 Å². The first-order valence-corrected chi connectivity index (χ1v) is 10.1. The van der Waals surface area contributed by atoms with E-state index >= 15 is 0 Å². The van der Waals surface area contributed by atoms with Gasteiger partial charge in [-0.1, -0.05) is 6.07 Å². The molecule has 2 aliphatic heterocycles. The minimum Gasteiger partial charge on any atom is -0.475 e. The Morgan fingerprint density at radius 1 is 1.26 bits per heavy atom. The fraction of sp³-hybridized carbons (Fsp3) is 0.625. The highest BCUT2D eigenvalue weighted by Crippen LogP contribution is 2.43. The van der Waals surface area contributed by atoms with E-state index in [0.29, 0.717) is 17.3 Å². The van der Waals surface area contributed by atoms with E-state index in [2.05, 4.69) is 4.98 Å². The lowest BCUT2D eigenvalue weighted by Crippen LogP contribution is -2.68. The number of ether oxygens (including phenoxy) is 2. The molecule has 0 bridgehead atoms. The second-order valence-corrected chi connectivity index (χ2v) is 8.69. The molecule has 2 fully saturated rings. The SMILES string of the molecule is O=C(O)C(F)(F)F.O=S(=O)(N1CC2(C1)OCCC2COCc1ccccn1)C(F)(F)F. The molecule has 0 aliphatic carbocycles. The molecule has 2 aliphatic rings. The third-order valence-electron chi connectivity index (χ3n) is 4.66. The monoisotopic (exact) mass is 480 g/mol. The van der Waals surface area contributed by atoms with Crippen molar-refractivity contribution in [3.8, 4) is 0 Å². The van der Waals surface area contributed by atoms with Crippen LogP contribution >= 0.6 is 0 Å². The van der Waals surface area contributed by atoms with Gasteiger partial charge in [0.2, 0.25) is 0 Å². The van der Waals surface area contributed by atoms with Crippen LogP contribution in [0.15, 0.2) is 24.4 Å². The largest absolute Gasteiger partial charge is 0.511 e. The number of alkyl halides is 6. The van der Waals surface area contributed by atoms with Gasteiger partial charge in [-0.2, -0.15) is 30.6 Å². The van der Waals surface area contributed by atoms with Crippen LogP contribution in [0.2, 0.25) is 0 Å². The van der Waals surface area contributed by atoms with Crippen molar-refractivity contribution in [2.45, 2.75) is 30.3 Å². The predicted molar refractivity (Wildman–Crippen MR) is 90.9 cm³/mol. The van der Waals surface area contributed by atoms with Gasteiger partial charge in [-0.25, -0.2) is 13.2 Å². The van der Waals surface area contributed by atoms with Crippen LogP contribution in [0.5, 0.6) is 0 Å². The first kappa shape index (κ1) is 25.3. The summed E-state index contributed by atoms with van der Waals surface area (Å²) in [6.07, 6.45) is -2.81. The number of halogens is 6. The molecule has 1 atom stereocenters. The second-order valence-electron chi connectivity index (χ2n) is 6.76. The Bertz CT molecular complexity index is 856. The van der Waals surface area contributed by atoms with Gasteiger partial charge in [0.1, 0.15) is 5.60 Å². The minimum atomic E-state index is -5.29. The number of aliphatic carboxylic acids is 1. The molecule has 176 valence electrons. The quantitative estimate of drug-likeness (QED) is 0.644.